The highest BCUT2D eigenvalue weighted by molar-refractivity contribution is 5.83. The molecule has 1 saturated heterocycles. The Morgan fingerprint density at radius 1 is 1.53 bits per heavy atom. The van der Waals surface area contributed by atoms with E-state index in [0.717, 1.165) is 0 Å². The molecule has 2 atom stereocenters. The topological polar surface area (TPSA) is 58.6 Å². The summed E-state index contributed by atoms with van der Waals surface area (Å²) in [6, 6.07) is -0.679. The van der Waals surface area contributed by atoms with Crippen molar-refractivity contribution in [2.24, 2.45) is 0 Å². The normalized spacial score (nSPS) is 24.1. The standard InChI is InChI=1S/C12H22N2O3/c1-8-10(15)13-6-7-14(8)9(2)11(16)17-12(3,4)5/h8-9H,6-7H2,1-5H3,(H,13,15). The van der Waals surface area contributed by atoms with Gasteiger partial charge in [-0.25, -0.2) is 0 Å². The molecule has 0 radical (unpaired) electrons. The third-order valence-corrected chi connectivity index (χ3v) is 2.79. The Balaban J connectivity index is 2.65. The number of ether oxygens (including phenoxy) is 1. The molecule has 0 spiro atoms. The minimum absolute atomic E-state index is 0.0355. The zero-order chi connectivity index (χ0) is 13.2. The number of carbonyl (C=O) groups is 2. The Kier molecular flexibility index (Phi) is 4.14. The molecule has 5 heteroatoms. The Labute approximate surface area is 102 Å². The fourth-order valence-corrected chi connectivity index (χ4v) is 1.85. The van der Waals surface area contributed by atoms with Crippen LogP contribution in [-0.4, -0.2) is 47.6 Å². The van der Waals surface area contributed by atoms with Gasteiger partial charge in [-0.3, -0.25) is 14.5 Å². The van der Waals surface area contributed by atoms with Gasteiger partial charge in [0.05, 0.1) is 6.04 Å². The van der Waals surface area contributed by atoms with E-state index in [4.69, 9.17) is 4.74 Å². The summed E-state index contributed by atoms with van der Waals surface area (Å²) >= 11 is 0. The van der Waals surface area contributed by atoms with E-state index in [1.165, 1.54) is 0 Å². The largest absolute Gasteiger partial charge is 0.459 e. The Morgan fingerprint density at radius 3 is 2.65 bits per heavy atom. The second-order valence-electron chi connectivity index (χ2n) is 5.41. The number of hydrogen-bond donors (Lipinski definition) is 1. The van der Waals surface area contributed by atoms with E-state index in [1.54, 1.807) is 13.8 Å². The molecule has 0 saturated carbocycles. The molecule has 98 valence electrons. The zero-order valence-electron chi connectivity index (χ0n) is 11.2. The van der Waals surface area contributed by atoms with Crippen molar-refractivity contribution in [1.82, 2.24) is 10.2 Å². The van der Waals surface area contributed by atoms with Crippen LogP contribution in [0.15, 0.2) is 0 Å². The van der Waals surface area contributed by atoms with E-state index < -0.39 is 11.6 Å². The van der Waals surface area contributed by atoms with Gasteiger partial charge >= 0.3 is 5.97 Å². The van der Waals surface area contributed by atoms with Crippen LogP contribution in [0.4, 0.5) is 0 Å². The molecule has 0 aliphatic carbocycles. The fourth-order valence-electron chi connectivity index (χ4n) is 1.85. The van der Waals surface area contributed by atoms with Gasteiger partial charge in [-0.1, -0.05) is 0 Å². The summed E-state index contributed by atoms with van der Waals surface area (Å²) in [6.07, 6.45) is 0. The second-order valence-corrected chi connectivity index (χ2v) is 5.41. The number of esters is 1. The first-order valence-electron chi connectivity index (χ1n) is 5.98. The first-order chi connectivity index (χ1) is 7.72. The average Bonchev–Trinajstić information content (AvgIpc) is 2.18. The van der Waals surface area contributed by atoms with Gasteiger partial charge in [-0.15, -0.1) is 0 Å². The zero-order valence-corrected chi connectivity index (χ0v) is 11.2. The predicted molar refractivity (Wildman–Crippen MR) is 64.5 cm³/mol. The van der Waals surface area contributed by atoms with E-state index in [2.05, 4.69) is 5.32 Å². The first kappa shape index (κ1) is 14.0. The quantitative estimate of drug-likeness (QED) is 0.718. The van der Waals surface area contributed by atoms with Crippen molar-refractivity contribution in [3.05, 3.63) is 0 Å². The predicted octanol–water partition coefficient (Wildman–Crippen LogP) is 0.537. The summed E-state index contributed by atoms with van der Waals surface area (Å²) < 4.78 is 5.32. The molecular formula is C12H22N2O3. The summed E-state index contributed by atoms with van der Waals surface area (Å²) in [5.74, 6) is -0.314. The lowest BCUT2D eigenvalue weighted by atomic mass is 10.1. The molecule has 0 aromatic heterocycles. The highest BCUT2D eigenvalue weighted by Gasteiger charge is 2.34. The number of piperazine rings is 1. The lowest BCUT2D eigenvalue weighted by Crippen LogP contribution is -2.58. The van der Waals surface area contributed by atoms with Crippen LogP contribution in [0.25, 0.3) is 0 Å². The van der Waals surface area contributed by atoms with Crippen molar-refractivity contribution < 1.29 is 14.3 Å². The SMILES string of the molecule is CC1C(=O)NCCN1C(C)C(=O)OC(C)(C)C. The average molecular weight is 242 g/mol. The maximum Gasteiger partial charge on any atom is 0.323 e. The van der Waals surface area contributed by atoms with Crippen molar-refractivity contribution in [3.8, 4) is 0 Å². The molecule has 17 heavy (non-hydrogen) atoms. The van der Waals surface area contributed by atoms with Crippen LogP contribution in [-0.2, 0) is 14.3 Å². The maximum atomic E-state index is 11.9. The van der Waals surface area contributed by atoms with Crippen LogP contribution in [0.3, 0.4) is 0 Å². The Hall–Kier alpha value is -1.10. The van der Waals surface area contributed by atoms with Gasteiger partial charge in [0.2, 0.25) is 5.91 Å². The van der Waals surface area contributed by atoms with Crippen LogP contribution in [0, 0.1) is 0 Å². The van der Waals surface area contributed by atoms with Crippen LogP contribution in [0.2, 0.25) is 0 Å². The third kappa shape index (κ3) is 3.70. The molecule has 1 aliphatic rings. The van der Waals surface area contributed by atoms with Crippen LogP contribution < -0.4 is 5.32 Å². The molecule has 1 amide bonds. The lowest BCUT2D eigenvalue weighted by Gasteiger charge is -2.37. The van der Waals surface area contributed by atoms with Crippen LogP contribution >= 0.6 is 0 Å². The van der Waals surface area contributed by atoms with E-state index in [1.807, 2.05) is 25.7 Å². The van der Waals surface area contributed by atoms with Crippen LogP contribution in [0.1, 0.15) is 34.6 Å². The molecule has 1 rings (SSSR count). The number of rotatable bonds is 2. The lowest BCUT2D eigenvalue weighted by molar-refractivity contribution is -0.162. The molecule has 0 aromatic rings. The second kappa shape index (κ2) is 5.04. The van der Waals surface area contributed by atoms with Gasteiger partial charge in [0.25, 0.3) is 0 Å². The number of nitrogens with zero attached hydrogens (tertiary/aromatic N) is 1. The Morgan fingerprint density at radius 2 is 2.12 bits per heavy atom. The molecule has 0 bridgehead atoms. The van der Waals surface area contributed by atoms with Gasteiger partial charge in [-0.05, 0) is 34.6 Å². The van der Waals surface area contributed by atoms with Crippen molar-refractivity contribution >= 4 is 11.9 Å². The smallest absolute Gasteiger partial charge is 0.323 e. The van der Waals surface area contributed by atoms with Gasteiger partial charge in [-0.2, -0.15) is 0 Å². The highest BCUT2D eigenvalue weighted by atomic mass is 16.6. The van der Waals surface area contributed by atoms with E-state index in [9.17, 15) is 9.59 Å². The monoisotopic (exact) mass is 242 g/mol. The first-order valence-corrected chi connectivity index (χ1v) is 5.98. The Bertz CT molecular complexity index is 309. The van der Waals surface area contributed by atoms with Crippen molar-refractivity contribution in [2.75, 3.05) is 13.1 Å². The molecule has 0 aromatic carbocycles. The minimum atomic E-state index is -0.493. The fraction of sp³-hybridized carbons (Fsp3) is 0.833. The number of nitrogens with one attached hydrogen (secondary N) is 1. The summed E-state index contributed by atoms with van der Waals surface area (Å²) in [4.78, 5) is 25.3. The van der Waals surface area contributed by atoms with E-state index in [-0.39, 0.29) is 17.9 Å². The third-order valence-electron chi connectivity index (χ3n) is 2.79. The van der Waals surface area contributed by atoms with Gasteiger partial charge in [0.1, 0.15) is 11.6 Å². The number of hydrogen-bond acceptors (Lipinski definition) is 4. The van der Waals surface area contributed by atoms with Gasteiger partial charge in [0.15, 0.2) is 0 Å². The van der Waals surface area contributed by atoms with Gasteiger partial charge < -0.3 is 10.1 Å². The van der Waals surface area contributed by atoms with Crippen LogP contribution in [0.5, 0.6) is 0 Å². The molecule has 2 unspecified atom stereocenters. The molecule has 1 heterocycles. The highest BCUT2D eigenvalue weighted by Crippen LogP contribution is 2.14. The molecule has 1 N–H and O–H groups in total. The molecule has 1 aliphatic heterocycles. The summed E-state index contributed by atoms with van der Waals surface area (Å²) in [6.45, 7) is 10.3. The molecule has 5 nitrogen and oxygen atoms in total. The summed E-state index contributed by atoms with van der Waals surface area (Å²) in [7, 11) is 0. The maximum absolute atomic E-state index is 11.9. The van der Waals surface area contributed by atoms with Crippen molar-refractivity contribution in [2.45, 2.75) is 52.3 Å². The summed E-state index contributed by atoms with van der Waals surface area (Å²) in [5, 5.41) is 2.77. The molecule has 1 fully saturated rings. The van der Waals surface area contributed by atoms with Crippen molar-refractivity contribution in [1.29, 1.82) is 0 Å². The summed E-state index contributed by atoms with van der Waals surface area (Å²) in [5.41, 5.74) is -0.493. The van der Waals surface area contributed by atoms with Gasteiger partial charge in [0, 0.05) is 13.1 Å². The number of carbonyl (C=O) groups excluding carboxylic acids is 2. The minimum Gasteiger partial charge on any atom is -0.459 e. The van der Waals surface area contributed by atoms with Crippen molar-refractivity contribution in [3.63, 3.8) is 0 Å². The molecular weight excluding hydrogens is 220 g/mol. The number of amides is 1. The van der Waals surface area contributed by atoms with E-state index in [0.29, 0.717) is 13.1 Å². The van der Waals surface area contributed by atoms with E-state index >= 15 is 0 Å².